The highest BCUT2D eigenvalue weighted by Crippen LogP contribution is 2.21. The summed E-state index contributed by atoms with van der Waals surface area (Å²) in [5.41, 5.74) is 0. The molecule has 0 spiro atoms. The lowest BCUT2D eigenvalue weighted by Gasteiger charge is -2.23. The molecule has 13 nitrogen and oxygen atoms in total. The van der Waals surface area contributed by atoms with E-state index in [1.807, 2.05) is 6.92 Å². The SMILES string of the molecule is CCCCCC(C(O)CC(O)C(CC(C(O)CCCCCC[C]=O)[N+](=O)[O-])[N+](=O)[O-])[N+](=O)[O-]. The Morgan fingerprint density at radius 1 is 0.667 bits per heavy atom. The minimum atomic E-state index is -1.88. The molecular formula is C20H36N3O10. The van der Waals surface area contributed by atoms with E-state index in [2.05, 4.69) is 0 Å². The zero-order valence-corrected chi connectivity index (χ0v) is 19.0. The minimum Gasteiger partial charge on any atom is -0.386 e. The molecule has 0 saturated carbocycles. The number of hydrogen-bond acceptors (Lipinski definition) is 10. The summed E-state index contributed by atoms with van der Waals surface area (Å²) in [6, 6.07) is -5.01. The fraction of sp³-hybridized carbons (Fsp3) is 0.950. The van der Waals surface area contributed by atoms with E-state index in [1.54, 1.807) is 6.29 Å². The normalized spacial score (nSPS) is 16.8. The molecule has 0 fully saturated rings. The molecular weight excluding hydrogens is 442 g/mol. The van der Waals surface area contributed by atoms with Gasteiger partial charge in [-0.1, -0.05) is 39.0 Å². The number of carbonyl (C=O) groups excluding carboxylic acids is 1. The predicted molar refractivity (Wildman–Crippen MR) is 117 cm³/mol. The van der Waals surface area contributed by atoms with Crippen LogP contribution in [0.5, 0.6) is 0 Å². The van der Waals surface area contributed by atoms with Crippen molar-refractivity contribution in [3.05, 3.63) is 30.3 Å². The Labute approximate surface area is 192 Å². The quantitative estimate of drug-likeness (QED) is 0.124. The lowest BCUT2D eigenvalue weighted by Crippen LogP contribution is -2.46. The number of unbranched alkanes of at least 4 members (excludes halogenated alkanes) is 6. The third-order valence-electron chi connectivity index (χ3n) is 5.74. The molecule has 0 rings (SSSR count). The van der Waals surface area contributed by atoms with Crippen molar-refractivity contribution < 1.29 is 34.9 Å². The molecule has 0 aromatic carbocycles. The highest BCUT2D eigenvalue weighted by atomic mass is 16.6. The third kappa shape index (κ3) is 12.5. The summed E-state index contributed by atoms with van der Waals surface area (Å²) in [5.74, 6) is 0. The molecule has 0 aliphatic heterocycles. The van der Waals surface area contributed by atoms with Crippen LogP contribution in [0.2, 0.25) is 0 Å². The van der Waals surface area contributed by atoms with Gasteiger partial charge in [-0.3, -0.25) is 35.1 Å². The molecule has 0 aromatic rings. The first-order chi connectivity index (χ1) is 15.6. The lowest BCUT2D eigenvalue weighted by atomic mass is 9.91. The van der Waals surface area contributed by atoms with E-state index in [9.17, 15) is 50.5 Å². The van der Waals surface area contributed by atoms with Crippen LogP contribution in [-0.4, -0.2) is 72.8 Å². The number of aliphatic hydroxyl groups is 3. The second kappa shape index (κ2) is 17.3. The smallest absolute Gasteiger partial charge is 0.245 e. The van der Waals surface area contributed by atoms with Crippen molar-refractivity contribution in [2.75, 3.05) is 0 Å². The average Bonchev–Trinajstić information content (AvgIpc) is 2.72. The van der Waals surface area contributed by atoms with Gasteiger partial charge in [0.1, 0.15) is 18.3 Å². The summed E-state index contributed by atoms with van der Waals surface area (Å²) >= 11 is 0. The predicted octanol–water partition coefficient (Wildman–Crippen LogP) is 1.82. The lowest BCUT2D eigenvalue weighted by molar-refractivity contribution is -0.574. The molecule has 0 aliphatic carbocycles. The van der Waals surface area contributed by atoms with Gasteiger partial charge in [0.05, 0.1) is 6.42 Å². The molecule has 6 atom stereocenters. The molecule has 191 valence electrons. The fourth-order valence-corrected chi connectivity index (χ4v) is 3.71. The molecule has 0 aromatic heterocycles. The van der Waals surface area contributed by atoms with Gasteiger partial charge in [0.15, 0.2) is 6.29 Å². The average molecular weight is 479 g/mol. The van der Waals surface area contributed by atoms with Gasteiger partial charge in [-0.25, -0.2) is 0 Å². The van der Waals surface area contributed by atoms with Crippen LogP contribution in [0.15, 0.2) is 0 Å². The van der Waals surface area contributed by atoms with E-state index in [-0.39, 0.29) is 19.3 Å². The summed E-state index contributed by atoms with van der Waals surface area (Å²) in [5, 5.41) is 64.9. The zero-order chi connectivity index (χ0) is 25.4. The molecule has 0 bridgehead atoms. The molecule has 6 unspecified atom stereocenters. The van der Waals surface area contributed by atoms with Gasteiger partial charge >= 0.3 is 0 Å². The second-order valence-electron chi connectivity index (χ2n) is 8.32. The topological polar surface area (TPSA) is 207 Å². The molecule has 3 N–H and O–H groups in total. The van der Waals surface area contributed by atoms with E-state index >= 15 is 0 Å². The van der Waals surface area contributed by atoms with Gasteiger partial charge in [0.2, 0.25) is 18.1 Å². The first kappa shape index (κ1) is 30.8. The summed E-state index contributed by atoms with van der Waals surface area (Å²) < 4.78 is 0. The van der Waals surface area contributed by atoms with E-state index < -0.39 is 64.0 Å². The van der Waals surface area contributed by atoms with Crippen LogP contribution in [0.25, 0.3) is 0 Å². The summed E-state index contributed by atoms with van der Waals surface area (Å²) in [7, 11) is 0. The van der Waals surface area contributed by atoms with Crippen molar-refractivity contribution in [2.24, 2.45) is 0 Å². The maximum Gasteiger partial charge on any atom is 0.245 e. The molecule has 33 heavy (non-hydrogen) atoms. The molecule has 0 amide bonds. The maximum absolute atomic E-state index is 11.5. The molecule has 0 aliphatic rings. The Balaban J connectivity index is 5.05. The minimum absolute atomic E-state index is 0.0143. The van der Waals surface area contributed by atoms with Crippen LogP contribution in [0, 0.1) is 30.3 Å². The van der Waals surface area contributed by atoms with Gasteiger partial charge < -0.3 is 15.3 Å². The van der Waals surface area contributed by atoms with Gasteiger partial charge in [0, 0.05) is 34.0 Å². The van der Waals surface area contributed by atoms with Crippen molar-refractivity contribution in [3.8, 4) is 0 Å². The van der Waals surface area contributed by atoms with Crippen molar-refractivity contribution >= 4 is 6.29 Å². The van der Waals surface area contributed by atoms with E-state index in [0.717, 1.165) is 6.42 Å². The second-order valence-corrected chi connectivity index (χ2v) is 8.32. The first-order valence-electron chi connectivity index (χ1n) is 11.4. The van der Waals surface area contributed by atoms with Crippen LogP contribution in [0.3, 0.4) is 0 Å². The summed E-state index contributed by atoms with van der Waals surface area (Å²) in [4.78, 5) is 41.8. The number of aliphatic hydroxyl groups excluding tert-OH is 3. The van der Waals surface area contributed by atoms with E-state index in [4.69, 9.17) is 0 Å². The van der Waals surface area contributed by atoms with Gasteiger partial charge in [-0.15, -0.1) is 0 Å². The van der Waals surface area contributed by atoms with Crippen molar-refractivity contribution in [1.82, 2.24) is 0 Å². The van der Waals surface area contributed by atoms with Crippen LogP contribution < -0.4 is 0 Å². The van der Waals surface area contributed by atoms with Gasteiger partial charge in [0.25, 0.3) is 0 Å². The van der Waals surface area contributed by atoms with Crippen LogP contribution in [0.4, 0.5) is 0 Å². The molecule has 13 heteroatoms. The Bertz CT molecular complexity index is 607. The van der Waals surface area contributed by atoms with Crippen LogP contribution in [-0.2, 0) is 4.79 Å². The number of rotatable bonds is 21. The monoisotopic (exact) mass is 478 g/mol. The highest BCUT2D eigenvalue weighted by Gasteiger charge is 2.43. The Morgan fingerprint density at radius 3 is 1.67 bits per heavy atom. The van der Waals surface area contributed by atoms with Crippen LogP contribution >= 0.6 is 0 Å². The summed E-state index contributed by atoms with van der Waals surface area (Å²) in [6.07, 6.45) is -0.104. The molecule has 1 radical (unpaired) electrons. The Hall–Kier alpha value is -2.25. The van der Waals surface area contributed by atoms with Gasteiger partial charge in [-0.2, -0.15) is 0 Å². The van der Waals surface area contributed by atoms with Crippen molar-refractivity contribution in [3.63, 3.8) is 0 Å². The number of nitrogens with zero attached hydrogens (tertiary/aromatic N) is 3. The number of nitro groups is 3. The Kier molecular flexibility index (Phi) is 16.1. The van der Waals surface area contributed by atoms with Crippen LogP contribution in [0.1, 0.15) is 84.0 Å². The number of hydrogen-bond donors (Lipinski definition) is 3. The molecule has 0 heterocycles. The van der Waals surface area contributed by atoms with E-state index in [1.165, 1.54) is 0 Å². The molecule has 0 saturated heterocycles. The standard InChI is InChI=1S/C20H36N3O10/c1-2-3-7-10-15(21(28)29)19(26)14-20(27)17(23(32)33)13-16(22(30)31)18(25)11-8-5-4-6-9-12-24/h15-20,25-27H,2-11,13-14H2,1H3. The van der Waals surface area contributed by atoms with Gasteiger partial charge in [-0.05, 0) is 19.3 Å². The Morgan fingerprint density at radius 2 is 1.15 bits per heavy atom. The highest BCUT2D eigenvalue weighted by molar-refractivity contribution is 5.50. The fourth-order valence-electron chi connectivity index (χ4n) is 3.71. The van der Waals surface area contributed by atoms with Crippen molar-refractivity contribution in [1.29, 1.82) is 0 Å². The van der Waals surface area contributed by atoms with Crippen molar-refractivity contribution in [2.45, 2.75) is 120 Å². The third-order valence-corrected chi connectivity index (χ3v) is 5.74. The summed E-state index contributed by atoms with van der Waals surface area (Å²) in [6.45, 7) is 1.90. The maximum atomic E-state index is 11.5. The van der Waals surface area contributed by atoms with E-state index in [0.29, 0.717) is 38.5 Å². The largest absolute Gasteiger partial charge is 0.386 e. The zero-order valence-electron chi connectivity index (χ0n) is 19.0. The first-order valence-corrected chi connectivity index (χ1v) is 11.4.